The van der Waals surface area contributed by atoms with Crippen molar-refractivity contribution in [1.82, 2.24) is 4.57 Å². The fourth-order valence-corrected chi connectivity index (χ4v) is 11.3. The summed E-state index contributed by atoms with van der Waals surface area (Å²) in [6, 6.07) is 102. The Hall–Kier alpha value is -8.98. The van der Waals surface area contributed by atoms with E-state index in [9.17, 15) is 0 Å². The maximum absolute atomic E-state index is 2.46. The highest BCUT2D eigenvalue weighted by Crippen LogP contribution is 2.57. The first-order valence-electron chi connectivity index (χ1n) is 23.8. The summed E-state index contributed by atoms with van der Waals surface area (Å²) in [5.74, 6) is 0. The van der Waals surface area contributed by atoms with E-state index in [4.69, 9.17) is 0 Å². The van der Waals surface area contributed by atoms with E-state index in [-0.39, 0.29) is 0 Å². The number of fused-ring (bicyclic) bond motifs is 6. The zero-order chi connectivity index (χ0) is 45.7. The average molecular weight is 879 g/mol. The average Bonchev–Trinajstić information content (AvgIpc) is 3.92. The van der Waals surface area contributed by atoms with Gasteiger partial charge >= 0.3 is 0 Å². The van der Waals surface area contributed by atoms with Gasteiger partial charge in [-0.25, -0.2) is 0 Å². The Morgan fingerprint density at radius 3 is 1.49 bits per heavy atom. The van der Waals surface area contributed by atoms with Gasteiger partial charge < -0.3 is 9.47 Å². The first-order valence-corrected chi connectivity index (χ1v) is 23.8. The lowest BCUT2D eigenvalue weighted by molar-refractivity contribution is 0.768. The maximum Gasteiger partial charge on any atom is 0.0714 e. The number of para-hydroxylation sites is 4. The number of nitrogens with zero attached hydrogens (tertiary/aromatic N) is 2. The van der Waals surface area contributed by atoms with Crippen LogP contribution in [-0.2, 0) is 5.41 Å². The second-order valence-electron chi connectivity index (χ2n) is 18.0. The standard InChI is InChI=1S/C67H46N2/c1-4-21-48(22-5-1)55-29-11-16-35-63(55)68(54-43-44-58-57-31-10-15-34-61(57)67(62(58)46-54,51-25-6-2-7-26-51)52-27-8-3-9-28-52)53-41-39-47(40-42-53)49-23-20-24-50(45-49)56-30-12-17-36-64(56)69-65-37-18-13-32-59(65)60-33-14-19-38-66(60)69/h1-46H. The molecule has 2 nitrogen and oxygen atoms in total. The molecule has 0 radical (unpaired) electrons. The van der Waals surface area contributed by atoms with E-state index in [1.807, 2.05) is 0 Å². The van der Waals surface area contributed by atoms with Gasteiger partial charge in [0.05, 0.1) is 27.8 Å². The van der Waals surface area contributed by atoms with E-state index < -0.39 is 5.41 Å². The van der Waals surface area contributed by atoms with Crippen LogP contribution >= 0.6 is 0 Å². The fourth-order valence-electron chi connectivity index (χ4n) is 11.3. The van der Waals surface area contributed by atoms with Crippen molar-refractivity contribution in [2.75, 3.05) is 4.90 Å². The molecule has 0 fully saturated rings. The van der Waals surface area contributed by atoms with Crippen molar-refractivity contribution in [3.63, 3.8) is 0 Å². The number of hydrogen-bond donors (Lipinski definition) is 0. The highest BCUT2D eigenvalue weighted by atomic mass is 15.1. The lowest BCUT2D eigenvalue weighted by Gasteiger charge is -2.35. The molecule has 1 aliphatic carbocycles. The predicted molar refractivity (Wildman–Crippen MR) is 289 cm³/mol. The SMILES string of the molecule is c1ccc(-c2ccccc2N(c2ccc(-c3cccc(-c4ccccc4-n4c5ccccc5c5ccccc54)c3)cc2)c2ccc3c(c2)C(c2ccccc2)(c2ccccc2)c2ccccc2-3)cc1. The summed E-state index contributed by atoms with van der Waals surface area (Å²) in [4.78, 5) is 2.45. The first kappa shape index (κ1) is 40.3. The first-order chi connectivity index (χ1) is 34.3. The number of anilines is 3. The molecule has 13 rings (SSSR count). The van der Waals surface area contributed by atoms with Crippen LogP contribution in [0.15, 0.2) is 279 Å². The van der Waals surface area contributed by atoms with Crippen molar-refractivity contribution in [2.24, 2.45) is 0 Å². The van der Waals surface area contributed by atoms with E-state index in [2.05, 4.69) is 289 Å². The summed E-state index contributed by atoms with van der Waals surface area (Å²) >= 11 is 0. The van der Waals surface area contributed by atoms with Crippen molar-refractivity contribution in [1.29, 1.82) is 0 Å². The number of benzene rings is 11. The lowest BCUT2D eigenvalue weighted by Crippen LogP contribution is -2.28. The molecule has 0 unspecified atom stereocenters. The van der Waals surface area contributed by atoms with E-state index >= 15 is 0 Å². The Labute approximate surface area is 403 Å². The Kier molecular flexibility index (Phi) is 9.77. The smallest absolute Gasteiger partial charge is 0.0714 e. The second-order valence-corrected chi connectivity index (χ2v) is 18.0. The van der Waals surface area contributed by atoms with Gasteiger partial charge in [-0.2, -0.15) is 0 Å². The molecule has 0 saturated carbocycles. The van der Waals surface area contributed by atoms with Crippen molar-refractivity contribution < 1.29 is 0 Å². The molecule has 0 saturated heterocycles. The molecule has 12 aromatic rings. The Bertz CT molecular complexity index is 3740. The number of hydrogen-bond acceptors (Lipinski definition) is 1. The molecule has 0 aliphatic heterocycles. The van der Waals surface area contributed by atoms with Gasteiger partial charge in [0.15, 0.2) is 0 Å². The van der Waals surface area contributed by atoms with Crippen LogP contribution in [-0.4, -0.2) is 4.57 Å². The Morgan fingerprint density at radius 1 is 0.290 bits per heavy atom. The zero-order valence-corrected chi connectivity index (χ0v) is 38.0. The summed E-state index contributed by atoms with van der Waals surface area (Å²) in [7, 11) is 0. The molecule has 1 aromatic heterocycles. The van der Waals surface area contributed by atoms with E-state index in [1.54, 1.807) is 0 Å². The number of rotatable bonds is 9. The molecule has 2 heteroatoms. The molecule has 0 bridgehead atoms. The summed E-state index contributed by atoms with van der Waals surface area (Å²) < 4.78 is 2.42. The van der Waals surface area contributed by atoms with E-state index in [1.165, 1.54) is 71.9 Å². The summed E-state index contributed by atoms with van der Waals surface area (Å²) in [6.07, 6.45) is 0. The molecule has 0 atom stereocenters. The molecule has 1 aliphatic rings. The molecule has 11 aromatic carbocycles. The van der Waals surface area contributed by atoms with Crippen LogP contribution < -0.4 is 4.90 Å². The highest BCUT2D eigenvalue weighted by Gasteiger charge is 2.46. The molecular formula is C67H46N2. The molecule has 1 heterocycles. The van der Waals surface area contributed by atoms with Crippen LogP contribution in [0, 0.1) is 0 Å². The topological polar surface area (TPSA) is 8.17 Å². The highest BCUT2D eigenvalue weighted by molar-refractivity contribution is 6.09. The van der Waals surface area contributed by atoms with Crippen LogP contribution in [0.25, 0.3) is 72.0 Å². The van der Waals surface area contributed by atoms with E-state index in [0.29, 0.717) is 0 Å². The van der Waals surface area contributed by atoms with Gasteiger partial charge in [0, 0.05) is 33.3 Å². The van der Waals surface area contributed by atoms with Crippen molar-refractivity contribution in [3.8, 4) is 50.2 Å². The van der Waals surface area contributed by atoms with Crippen LogP contribution in [0.5, 0.6) is 0 Å². The van der Waals surface area contributed by atoms with Gasteiger partial charge in [-0.05, 0) is 110 Å². The molecule has 324 valence electrons. The maximum atomic E-state index is 2.46. The second kappa shape index (κ2) is 16.7. The summed E-state index contributed by atoms with van der Waals surface area (Å²) in [5.41, 5.74) is 21.0. The van der Waals surface area contributed by atoms with Gasteiger partial charge in [-0.1, -0.05) is 224 Å². The third-order valence-electron chi connectivity index (χ3n) is 14.3. The fraction of sp³-hybridized carbons (Fsp3) is 0.0149. The van der Waals surface area contributed by atoms with Crippen molar-refractivity contribution in [2.45, 2.75) is 5.41 Å². The summed E-state index contributed by atoms with van der Waals surface area (Å²) in [5, 5.41) is 2.52. The van der Waals surface area contributed by atoms with Gasteiger partial charge in [0.2, 0.25) is 0 Å². The lowest BCUT2D eigenvalue weighted by atomic mass is 9.67. The minimum Gasteiger partial charge on any atom is -0.310 e. The molecule has 0 spiro atoms. The third kappa shape index (κ3) is 6.56. The van der Waals surface area contributed by atoms with Crippen LogP contribution in [0.3, 0.4) is 0 Å². The van der Waals surface area contributed by atoms with Crippen molar-refractivity contribution in [3.05, 3.63) is 301 Å². The largest absolute Gasteiger partial charge is 0.310 e. The predicted octanol–water partition coefficient (Wildman–Crippen LogP) is 17.6. The Morgan fingerprint density at radius 2 is 0.797 bits per heavy atom. The van der Waals surface area contributed by atoms with Gasteiger partial charge in [0.1, 0.15) is 0 Å². The van der Waals surface area contributed by atoms with Crippen LogP contribution in [0.1, 0.15) is 22.3 Å². The minimum atomic E-state index is -0.524. The Balaban J connectivity index is 0.958. The zero-order valence-electron chi connectivity index (χ0n) is 38.0. The van der Waals surface area contributed by atoms with Gasteiger partial charge in [-0.3, -0.25) is 0 Å². The molecular weight excluding hydrogens is 833 g/mol. The normalized spacial score (nSPS) is 12.5. The minimum absolute atomic E-state index is 0.524. The molecule has 0 N–H and O–H groups in total. The third-order valence-corrected chi connectivity index (χ3v) is 14.3. The van der Waals surface area contributed by atoms with E-state index in [0.717, 1.165) is 39.4 Å². The van der Waals surface area contributed by atoms with Gasteiger partial charge in [0.25, 0.3) is 0 Å². The van der Waals surface area contributed by atoms with Crippen LogP contribution in [0.4, 0.5) is 17.1 Å². The van der Waals surface area contributed by atoms with Gasteiger partial charge in [-0.15, -0.1) is 0 Å². The molecule has 69 heavy (non-hydrogen) atoms. The van der Waals surface area contributed by atoms with Crippen molar-refractivity contribution >= 4 is 38.9 Å². The van der Waals surface area contributed by atoms with Crippen LogP contribution in [0.2, 0.25) is 0 Å². The summed E-state index contributed by atoms with van der Waals surface area (Å²) in [6.45, 7) is 0. The quantitative estimate of drug-likeness (QED) is 0.140. The molecule has 0 amide bonds. The monoisotopic (exact) mass is 878 g/mol. The number of aromatic nitrogens is 1.